The van der Waals surface area contributed by atoms with Crippen LogP contribution in [-0.4, -0.2) is 5.88 Å². The summed E-state index contributed by atoms with van der Waals surface area (Å²) in [5.74, 6) is 6.16. The first-order chi connectivity index (χ1) is 7.15. The molecule has 0 spiro atoms. The first-order valence-electron chi connectivity index (χ1n) is 4.65. The van der Waals surface area contributed by atoms with E-state index in [1.54, 1.807) is 13.0 Å². The van der Waals surface area contributed by atoms with Crippen LogP contribution in [-0.2, 0) is 0 Å². The van der Waals surface area contributed by atoms with Gasteiger partial charge in [0.1, 0.15) is 5.82 Å². The van der Waals surface area contributed by atoms with E-state index in [4.69, 9.17) is 23.2 Å². The van der Waals surface area contributed by atoms with Gasteiger partial charge in [0, 0.05) is 17.9 Å². The Balaban J connectivity index is 2.84. The summed E-state index contributed by atoms with van der Waals surface area (Å²) in [6, 6.07) is 2.95. The Labute approximate surface area is 99.4 Å². The molecule has 0 aliphatic rings. The summed E-state index contributed by atoms with van der Waals surface area (Å²) in [5, 5.41) is 0.358. The Morgan fingerprint density at radius 3 is 2.80 bits per heavy atom. The van der Waals surface area contributed by atoms with Gasteiger partial charge in [0.05, 0.1) is 5.02 Å². The largest absolute Gasteiger partial charge is 0.207 e. The molecule has 80 valence electrons. The molecule has 0 aliphatic carbocycles. The van der Waals surface area contributed by atoms with Crippen molar-refractivity contribution in [1.29, 1.82) is 0 Å². The van der Waals surface area contributed by atoms with Crippen molar-refractivity contribution in [2.45, 2.75) is 19.8 Å². The van der Waals surface area contributed by atoms with Crippen LogP contribution in [0.2, 0.25) is 5.02 Å². The molecule has 0 saturated carbocycles. The zero-order valence-corrected chi connectivity index (χ0v) is 9.92. The van der Waals surface area contributed by atoms with Crippen LogP contribution in [0.15, 0.2) is 12.1 Å². The summed E-state index contributed by atoms with van der Waals surface area (Å²) in [6.07, 6.45) is 1.59. The van der Waals surface area contributed by atoms with Crippen LogP contribution >= 0.6 is 23.2 Å². The van der Waals surface area contributed by atoms with Gasteiger partial charge in [0.2, 0.25) is 0 Å². The Hall–Kier alpha value is -0.710. The van der Waals surface area contributed by atoms with Gasteiger partial charge in [-0.05, 0) is 31.0 Å². The van der Waals surface area contributed by atoms with Crippen LogP contribution in [0.5, 0.6) is 0 Å². The molecular weight excluding hydrogens is 234 g/mol. The van der Waals surface area contributed by atoms with Crippen LogP contribution in [0, 0.1) is 24.6 Å². The number of alkyl halides is 1. The van der Waals surface area contributed by atoms with Gasteiger partial charge in [-0.1, -0.05) is 23.4 Å². The highest BCUT2D eigenvalue weighted by atomic mass is 35.5. The number of aryl methyl sites for hydroxylation is 1. The number of halogens is 3. The van der Waals surface area contributed by atoms with Crippen LogP contribution in [0.25, 0.3) is 0 Å². The minimum Gasteiger partial charge on any atom is -0.207 e. The summed E-state index contributed by atoms with van der Waals surface area (Å²) < 4.78 is 13.1. The predicted molar refractivity (Wildman–Crippen MR) is 63.0 cm³/mol. The lowest BCUT2D eigenvalue weighted by atomic mass is 10.1. The summed E-state index contributed by atoms with van der Waals surface area (Å²) in [5.41, 5.74) is 1.23. The van der Waals surface area contributed by atoms with Gasteiger partial charge in [0.25, 0.3) is 0 Å². The smallest absolute Gasteiger partial charge is 0.127 e. The van der Waals surface area contributed by atoms with Crippen molar-refractivity contribution in [3.8, 4) is 11.8 Å². The van der Waals surface area contributed by atoms with E-state index in [2.05, 4.69) is 11.8 Å². The van der Waals surface area contributed by atoms with Crippen molar-refractivity contribution >= 4 is 23.2 Å². The summed E-state index contributed by atoms with van der Waals surface area (Å²) in [7, 11) is 0. The van der Waals surface area contributed by atoms with Gasteiger partial charge in [-0.2, -0.15) is 0 Å². The van der Waals surface area contributed by atoms with Crippen LogP contribution in [0.3, 0.4) is 0 Å². The maximum atomic E-state index is 13.1. The molecule has 1 aromatic carbocycles. The van der Waals surface area contributed by atoms with Crippen molar-refractivity contribution < 1.29 is 4.39 Å². The third kappa shape index (κ3) is 3.74. The third-order valence-electron chi connectivity index (χ3n) is 1.91. The maximum absolute atomic E-state index is 13.1. The van der Waals surface area contributed by atoms with E-state index in [1.165, 1.54) is 6.07 Å². The molecule has 0 aromatic heterocycles. The summed E-state index contributed by atoms with van der Waals surface area (Å²) in [4.78, 5) is 0. The zero-order valence-electron chi connectivity index (χ0n) is 8.41. The van der Waals surface area contributed by atoms with E-state index < -0.39 is 0 Å². The number of unbranched alkanes of at least 4 members (excludes halogenated alkanes) is 1. The molecule has 0 saturated heterocycles. The first kappa shape index (κ1) is 12.4. The topological polar surface area (TPSA) is 0 Å². The Morgan fingerprint density at radius 2 is 2.13 bits per heavy atom. The molecule has 15 heavy (non-hydrogen) atoms. The van der Waals surface area contributed by atoms with Crippen LogP contribution in [0.4, 0.5) is 4.39 Å². The number of hydrogen-bond donors (Lipinski definition) is 0. The van der Waals surface area contributed by atoms with E-state index in [0.717, 1.165) is 12.8 Å². The molecule has 0 unspecified atom stereocenters. The Bertz CT molecular complexity index is 402. The van der Waals surface area contributed by atoms with E-state index in [1.807, 2.05) is 0 Å². The third-order valence-corrected chi connectivity index (χ3v) is 2.49. The predicted octanol–water partition coefficient (Wildman–Crippen LogP) is 4.16. The molecule has 0 atom stereocenters. The lowest BCUT2D eigenvalue weighted by Gasteiger charge is -1.99. The molecule has 0 bridgehead atoms. The first-order valence-corrected chi connectivity index (χ1v) is 5.57. The summed E-state index contributed by atoms with van der Waals surface area (Å²) in [6.45, 7) is 1.69. The van der Waals surface area contributed by atoms with Gasteiger partial charge < -0.3 is 0 Å². The fourth-order valence-electron chi connectivity index (χ4n) is 1.07. The normalized spacial score (nSPS) is 9.60. The lowest BCUT2D eigenvalue weighted by molar-refractivity contribution is 0.618. The molecule has 1 aromatic rings. The second kappa shape index (κ2) is 6.00. The van der Waals surface area contributed by atoms with Gasteiger partial charge in [0.15, 0.2) is 0 Å². The number of hydrogen-bond acceptors (Lipinski definition) is 0. The molecule has 0 nitrogen and oxygen atoms in total. The highest BCUT2D eigenvalue weighted by Crippen LogP contribution is 2.19. The molecule has 0 heterocycles. The Kier molecular flexibility index (Phi) is 4.94. The fourth-order valence-corrected chi connectivity index (χ4v) is 1.40. The van der Waals surface area contributed by atoms with Gasteiger partial charge >= 0.3 is 0 Å². The molecule has 0 N–H and O–H groups in total. The van der Waals surface area contributed by atoms with Crippen molar-refractivity contribution in [1.82, 2.24) is 0 Å². The second-order valence-electron chi connectivity index (χ2n) is 3.18. The lowest BCUT2D eigenvalue weighted by Crippen LogP contribution is -1.86. The quantitative estimate of drug-likeness (QED) is 0.417. The van der Waals surface area contributed by atoms with E-state index in [9.17, 15) is 4.39 Å². The molecule has 0 radical (unpaired) electrons. The average Bonchev–Trinajstić information content (AvgIpc) is 2.20. The van der Waals surface area contributed by atoms with Gasteiger partial charge in [-0.3, -0.25) is 0 Å². The minimum atomic E-state index is -0.300. The molecule has 0 amide bonds. The van der Waals surface area contributed by atoms with Gasteiger partial charge in [-0.25, -0.2) is 4.39 Å². The Morgan fingerprint density at radius 1 is 1.40 bits per heavy atom. The van der Waals surface area contributed by atoms with Crippen molar-refractivity contribution in [2.24, 2.45) is 0 Å². The highest BCUT2D eigenvalue weighted by molar-refractivity contribution is 6.31. The average molecular weight is 245 g/mol. The van der Waals surface area contributed by atoms with Crippen molar-refractivity contribution in [3.05, 3.63) is 34.1 Å². The van der Waals surface area contributed by atoms with E-state index >= 15 is 0 Å². The molecular formula is C12H11Cl2F. The van der Waals surface area contributed by atoms with Crippen molar-refractivity contribution in [3.63, 3.8) is 0 Å². The molecule has 3 heteroatoms. The zero-order chi connectivity index (χ0) is 11.3. The van der Waals surface area contributed by atoms with Gasteiger partial charge in [-0.15, -0.1) is 11.6 Å². The highest BCUT2D eigenvalue weighted by Gasteiger charge is 2.02. The molecule has 0 aliphatic heterocycles. The van der Waals surface area contributed by atoms with E-state index in [0.29, 0.717) is 22.0 Å². The fraction of sp³-hybridized carbons (Fsp3) is 0.333. The molecule has 0 fully saturated rings. The van der Waals surface area contributed by atoms with Crippen molar-refractivity contribution in [2.75, 3.05) is 5.88 Å². The number of benzene rings is 1. The monoisotopic (exact) mass is 244 g/mol. The number of rotatable bonds is 2. The molecule has 1 rings (SSSR count). The maximum Gasteiger partial charge on any atom is 0.127 e. The SMILES string of the molecule is Cc1cc(C#CCCCCl)c(Cl)cc1F. The van der Waals surface area contributed by atoms with Crippen LogP contribution in [0.1, 0.15) is 24.0 Å². The summed E-state index contributed by atoms with van der Waals surface area (Å²) >= 11 is 11.4. The van der Waals surface area contributed by atoms with Crippen LogP contribution < -0.4 is 0 Å². The standard InChI is InChI=1S/C12H11Cl2F/c1-9-7-10(5-3-2-4-6-13)11(14)8-12(9)15/h7-8H,2,4,6H2,1H3. The minimum absolute atomic E-state index is 0.300. The van der Waals surface area contributed by atoms with E-state index in [-0.39, 0.29) is 5.82 Å². The second-order valence-corrected chi connectivity index (χ2v) is 3.96.